The van der Waals surface area contributed by atoms with E-state index in [2.05, 4.69) is 58.7 Å². The van der Waals surface area contributed by atoms with Crippen LogP contribution < -0.4 is 10.6 Å². The Hall–Kier alpha value is -1.88. The number of hydrogen-bond acceptors (Lipinski definition) is 3. The molecular weight excluding hydrogens is 280 g/mol. The molecule has 0 saturated heterocycles. The van der Waals surface area contributed by atoms with Crippen LogP contribution in [0.2, 0.25) is 0 Å². The molecule has 0 atom stereocenters. The Morgan fingerprint density at radius 1 is 1.19 bits per heavy atom. The van der Waals surface area contributed by atoms with Crippen LogP contribution in [0.5, 0.6) is 0 Å². The van der Waals surface area contributed by atoms with Crippen molar-refractivity contribution in [2.75, 3.05) is 13.6 Å². The van der Waals surface area contributed by atoms with Crippen LogP contribution in [0, 0.1) is 13.8 Å². The van der Waals surface area contributed by atoms with Crippen LogP contribution in [-0.4, -0.2) is 24.5 Å². The third-order valence-corrected chi connectivity index (χ3v) is 4.08. The summed E-state index contributed by atoms with van der Waals surface area (Å²) in [6.45, 7) is 5.78. The van der Waals surface area contributed by atoms with Gasteiger partial charge in [0.1, 0.15) is 0 Å². The van der Waals surface area contributed by atoms with Crippen molar-refractivity contribution in [2.24, 2.45) is 4.99 Å². The fourth-order valence-electron chi connectivity index (χ4n) is 1.92. The quantitative estimate of drug-likeness (QED) is 0.659. The third-order valence-electron chi connectivity index (χ3n) is 3.10. The predicted molar refractivity (Wildman–Crippen MR) is 89.9 cm³/mol. The molecule has 0 aliphatic rings. The van der Waals surface area contributed by atoms with E-state index in [0.29, 0.717) is 0 Å². The Bertz CT molecular complexity index is 587. The zero-order chi connectivity index (χ0) is 15.1. The monoisotopic (exact) mass is 302 g/mol. The molecule has 21 heavy (non-hydrogen) atoms. The van der Waals surface area contributed by atoms with Crippen LogP contribution in [-0.2, 0) is 13.0 Å². The largest absolute Gasteiger partial charge is 0.356 e. The molecule has 0 unspecified atom stereocenters. The molecule has 0 radical (unpaired) electrons. The Kier molecular flexibility index (Phi) is 5.75. The molecule has 0 aliphatic carbocycles. The molecule has 0 fully saturated rings. The normalized spacial score (nSPS) is 11.5. The Morgan fingerprint density at radius 3 is 2.57 bits per heavy atom. The van der Waals surface area contributed by atoms with Crippen molar-refractivity contribution in [3.8, 4) is 0 Å². The van der Waals surface area contributed by atoms with Crippen molar-refractivity contribution in [3.05, 3.63) is 51.5 Å². The average Bonchev–Trinajstić information content (AvgIpc) is 2.90. The molecule has 5 heteroatoms. The van der Waals surface area contributed by atoms with Gasteiger partial charge in [-0.15, -0.1) is 11.3 Å². The highest BCUT2D eigenvalue weighted by atomic mass is 32.1. The van der Waals surface area contributed by atoms with Gasteiger partial charge in [-0.05, 0) is 19.4 Å². The summed E-state index contributed by atoms with van der Waals surface area (Å²) >= 11 is 1.75. The van der Waals surface area contributed by atoms with Crippen molar-refractivity contribution in [2.45, 2.75) is 26.8 Å². The molecule has 0 saturated carbocycles. The Morgan fingerprint density at radius 2 is 1.95 bits per heavy atom. The lowest BCUT2D eigenvalue weighted by Gasteiger charge is -2.11. The molecular formula is C16H22N4S. The number of guanidine groups is 1. The molecule has 2 aromatic rings. The first-order valence-electron chi connectivity index (χ1n) is 7.09. The highest BCUT2D eigenvalue weighted by Crippen LogP contribution is 2.10. The van der Waals surface area contributed by atoms with E-state index in [-0.39, 0.29) is 0 Å². The van der Waals surface area contributed by atoms with E-state index in [4.69, 9.17) is 0 Å². The summed E-state index contributed by atoms with van der Waals surface area (Å²) in [6.07, 6.45) is 2.84. The molecule has 2 N–H and O–H groups in total. The first-order chi connectivity index (χ1) is 10.2. The number of hydrogen-bond donors (Lipinski definition) is 2. The van der Waals surface area contributed by atoms with Crippen LogP contribution in [0.1, 0.15) is 21.0 Å². The highest BCUT2D eigenvalue weighted by Gasteiger charge is 2.01. The van der Waals surface area contributed by atoms with Crippen molar-refractivity contribution >= 4 is 17.3 Å². The fourth-order valence-corrected chi connectivity index (χ4v) is 2.70. The maximum atomic E-state index is 4.36. The second-order valence-corrected chi connectivity index (χ2v) is 6.27. The van der Waals surface area contributed by atoms with Crippen molar-refractivity contribution in [3.63, 3.8) is 0 Å². The van der Waals surface area contributed by atoms with Gasteiger partial charge in [-0.25, -0.2) is 4.98 Å². The zero-order valence-corrected chi connectivity index (χ0v) is 13.6. The van der Waals surface area contributed by atoms with Gasteiger partial charge in [-0.1, -0.05) is 29.8 Å². The number of nitrogens with one attached hydrogen (secondary N) is 2. The van der Waals surface area contributed by atoms with E-state index in [9.17, 15) is 0 Å². The first kappa shape index (κ1) is 15.5. The van der Waals surface area contributed by atoms with Crippen molar-refractivity contribution < 1.29 is 0 Å². The molecule has 0 amide bonds. The van der Waals surface area contributed by atoms with E-state index in [1.165, 1.54) is 16.0 Å². The third kappa shape index (κ3) is 5.19. The van der Waals surface area contributed by atoms with Crippen molar-refractivity contribution in [1.29, 1.82) is 0 Å². The summed E-state index contributed by atoms with van der Waals surface area (Å²) in [5.74, 6) is 0.823. The minimum absolute atomic E-state index is 0.774. The summed E-state index contributed by atoms with van der Waals surface area (Å²) in [7, 11) is 1.79. The SMILES string of the molecule is CN=C(NCCc1ncc(C)s1)NCc1ccc(C)cc1. The number of aliphatic imine (C=N–C) groups is 1. The molecule has 1 aromatic heterocycles. The van der Waals surface area contributed by atoms with Crippen LogP contribution in [0.4, 0.5) is 0 Å². The van der Waals surface area contributed by atoms with Crippen LogP contribution >= 0.6 is 11.3 Å². The number of aromatic nitrogens is 1. The lowest BCUT2D eigenvalue weighted by molar-refractivity contribution is 0.792. The van der Waals surface area contributed by atoms with Gasteiger partial charge in [0.25, 0.3) is 0 Å². The highest BCUT2D eigenvalue weighted by molar-refractivity contribution is 7.11. The van der Waals surface area contributed by atoms with Crippen molar-refractivity contribution in [1.82, 2.24) is 15.6 Å². The van der Waals surface area contributed by atoms with E-state index in [1.54, 1.807) is 18.4 Å². The number of nitrogens with zero attached hydrogens (tertiary/aromatic N) is 2. The zero-order valence-electron chi connectivity index (χ0n) is 12.8. The van der Waals surface area contributed by atoms with Gasteiger partial charge >= 0.3 is 0 Å². The summed E-state index contributed by atoms with van der Waals surface area (Å²) in [5.41, 5.74) is 2.53. The molecule has 0 bridgehead atoms. The van der Waals surface area contributed by atoms with E-state index < -0.39 is 0 Å². The maximum Gasteiger partial charge on any atom is 0.191 e. The van der Waals surface area contributed by atoms with Gasteiger partial charge in [-0.3, -0.25) is 4.99 Å². The summed E-state index contributed by atoms with van der Waals surface area (Å²) in [5, 5.41) is 7.79. The van der Waals surface area contributed by atoms with Gasteiger partial charge < -0.3 is 10.6 Å². The number of aryl methyl sites for hydroxylation is 2. The van der Waals surface area contributed by atoms with E-state index in [0.717, 1.165) is 30.5 Å². The lowest BCUT2D eigenvalue weighted by Crippen LogP contribution is -2.37. The summed E-state index contributed by atoms with van der Waals surface area (Å²) in [4.78, 5) is 9.85. The number of thiazole rings is 1. The smallest absolute Gasteiger partial charge is 0.191 e. The van der Waals surface area contributed by atoms with Crippen LogP contribution in [0.3, 0.4) is 0 Å². The van der Waals surface area contributed by atoms with Gasteiger partial charge in [0.15, 0.2) is 5.96 Å². The second kappa shape index (κ2) is 7.78. The van der Waals surface area contributed by atoms with Gasteiger partial charge in [0, 0.05) is 37.6 Å². The molecule has 2 rings (SSSR count). The molecule has 1 heterocycles. The predicted octanol–water partition coefficient (Wildman–Crippen LogP) is 2.67. The molecule has 0 spiro atoms. The van der Waals surface area contributed by atoms with Crippen LogP contribution in [0.25, 0.3) is 0 Å². The van der Waals surface area contributed by atoms with E-state index >= 15 is 0 Å². The summed E-state index contributed by atoms with van der Waals surface area (Å²) in [6, 6.07) is 8.51. The molecule has 1 aromatic carbocycles. The number of rotatable bonds is 5. The second-order valence-electron chi connectivity index (χ2n) is 4.95. The molecule has 4 nitrogen and oxygen atoms in total. The minimum Gasteiger partial charge on any atom is -0.356 e. The van der Waals surface area contributed by atoms with Gasteiger partial charge in [-0.2, -0.15) is 0 Å². The van der Waals surface area contributed by atoms with Gasteiger partial charge in [0.2, 0.25) is 0 Å². The minimum atomic E-state index is 0.774. The summed E-state index contributed by atoms with van der Waals surface area (Å²) < 4.78 is 0. The lowest BCUT2D eigenvalue weighted by atomic mass is 10.1. The average molecular weight is 302 g/mol. The molecule has 112 valence electrons. The Balaban J connectivity index is 1.74. The maximum absolute atomic E-state index is 4.36. The fraction of sp³-hybridized carbons (Fsp3) is 0.375. The number of benzene rings is 1. The topological polar surface area (TPSA) is 49.3 Å². The molecule has 0 aliphatic heterocycles. The first-order valence-corrected chi connectivity index (χ1v) is 7.90. The van der Waals surface area contributed by atoms with E-state index in [1.807, 2.05) is 6.20 Å². The van der Waals surface area contributed by atoms with Gasteiger partial charge in [0.05, 0.1) is 5.01 Å². The Labute approximate surface area is 130 Å². The van der Waals surface area contributed by atoms with Crippen LogP contribution in [0.15, 0.2) is 35.5 Å². The standard InChI is InChI=1S/C16H22N4S/c1-12-4-6-14(7-5-12)11-20-16(17-3)18-9-8-15-19-10-13(2)21-15/h4-7,10H,8-9,11H2,1-3H3,(H2,17,18,20).